The topological polar surface area (TPSA) is 99.9 Å². The maximum absolute atomic E-state index is 13.3. The molecule has 29 heavy (non-hydrogen) atoms. The average molecular weight is 416 g/mol. The smallest absolute Gasteiger partial charge is 0.233 e. The molecule has 3 aromatic rings. The minimum Gasteiger partial charge on any atom is -0.486 e. The van der Waals surface area contributed by atoms with Gasteiger partial charge < -0.3 is 23.9 Å². The van der Waals surface area contributed by atoms with Crippen molar-refractivity contribution in [1.82, 2.24) is 4.98 Å². The van der Waals surface area contributed by atoms with Crippen LogP contribution in [0.3, 0.4) is 0 Å². The number of benzene rings is 2. The number of methoxy groups -OCH3 is 1. The summed E-state index contributed by atoms with van der Waals surface area (Å²) in [7, 11) is -2.41. The van der Waals surface area contributed by atoms with Gasteiger partial charge in [-0.25, -0.2) is 8.42 Å². The number of hydrogen-bond donors (Lipinski definition) is 1. The minimum atomic E-state index is -3.97. The number of sulfone groups is 1. The fourth-order valence-corrected chi connectivity index (χ4v) is 4.17. The SMILES string of the molecule is COCCNc1oc(-c2ccccc2)nc1S(=O)(=O)c1ccc2c(c1)OCCO2. The predicted octanol–water partition coefficient (Wildman–Crippen LogP) is 3.00. The third-order valence-corrected chi connectivity index (χ3v) is 5.95. The molecular formula is C20H20N2O6S. The van der Waals surface area contributed by atoms with Crippen molar-refractivity contribution in [3.63, 3.8) is 0 Å². The number of fused-ring (bicyclic) bond motifs is 1. The third-order valence-electron chi connectivity index (χ3n) is 4.29. The summed E-state index contributed by atoms with van der Waals surface area (Å²) in [6, 6.07) is 13.6. The standard InChI is InChI=1S/C20H20N2O6S/c1-25-10-9-21-19-20(22-18(28-19)14-5-3-2-4-6-14)29(23,24)15-7-8-16-17(13-15)27-12-11-26-16/h2-8,13,21H,9-12H2,1H3. The van der Waals surface area contributed by atoms with Crippen molar-refractivity contribution in [2.24, 2.45) is 0 Å². The Balaban J connectivity index is 1.76. The minimum absolute atomic E-state index is 0.0458. The van der Waals surface area contributed by atoms with E-state index in [1.165, 1.54) is 12.1 Å². The molecule has 0 aliphatic carbocycles. The van der Waals surface area contributed by atoms with Crippen molar-refractivity contribution in [3.05, 3.63) is 48.5 Å². The summed E-state index contributed by atoms with van der Waals surface area (Å²) in [5, 5.41) is 2.76. The molecule has 0 unspecified atom stereocenters. The van der Waals surface area contributed by atoms with Gasteiger partial charge in [-0.05, 0) is 24.3 Å². The second kappa shape index (κ2) is 8.14. The molecule has 9 heteroatoms. The van der Waals surface area contributed by atoms with Crippen LogP contribution in [0.15, 0.2) is 62.9 Å². The lowest BCUT2D eigenvalue weighted by atomic mass is 10.2. The second-order valence-corrected chi connectivity index (χ2v) is 8.11. The molecule has 4 rings (SSSR count). The van der Waals surface area contributed by atoms with Crippen molar-refractivity contribution in [2.75, 3.05) is 38.8 Å². The number of nitrogens with zero attached hydrogens (tertiary/aromatic N) is 1. The zero-order valence-corrected chi connectivity index (χ0v) is 16.6. The van der Waals surface area contributed by atoms with Gasteiger partial charge in [0.1, 0.15) is 13.2 Å². The summed E-state index contributed by atoms with van der Waals surface area (Å²) >= 11 is 0. The van der Waals surface area contributed by atoms with E-state index in [-0.39, 0.29) is 21.7 Å². The molecule has 1 aromatic heterocycles. The highest BCUT2D eigenvalue weighted by molar-refractivity contribution is 7.91. The number of ether oxygens (including phenoxy) is 3. The van der Waals surface area contributed by atoms with Gasteiger partial charge in [-0.1, -0.05) is 18.2 Å². The highest BCUT2D eigenvalue weighted by atomic mass is 32.2. The normalized spacial score (nSPS) is 13.3. The van der Waals surface area contributed by atoms with Gasteiger partial charge in [0.15, 0.2) is 11.5 Å². The van der Waals surface area contributed by atoms with Crippen LogP contribution < -0.4 is 14.8 Å². The molecule has 0 bridgehead atoms. The summed E-state index contributed by atoms with van der Waals surface area (Å²) < 4.78 is 48.4. The van der Waals surface area contributed by atoms with Gasteiger partial charge in [0.2, 0.25) is 26.6 Å². The first-order valence-corrected chi connectivity index (χ1v) is 10.5. The molecule has 0 amide bonds. The van der Waals surface area contributed by atoms with Gasteiger partial charge in [0, 0.05) is 25.3 Å². The van der Waals surface area contributed by atoms with E-state index in [1.54, 1.807) is 25.3 Å². The van der Waals surface area contributed by atoms with Crippen molar-refractivity contribution in [3.8, 4) is 23.0 Å². The Morgan fingerprint density at radius 1 is 1.07 bits per heavy atom. The third kappa shape index (κ3) is 3.92. The maximum atomic E-state index is 13.3. The summed E-state index contributed by atoms with van der Waals surface area (Å²) in [5.41, 5.74) is 0.672. The van der Waals surface area contributed by atoms with Crippen LogP contribution in [0.2, 0.25) is 0 Å². The lowest BCUT2D eigenvalue weighted by Gasteiger charge is -2.18. The van der Waals surface area contributed by atoms with Gasteiger partial charge in [0.05, 0.1) is 11.5 Å². The molecule has 0 spiro atoms. The Hall–Kier alpha value is -3.04. The fraction of sp³-hybridized carbons (Fsp3) is 0.250. The lowest BCUT2D eigenvalue weighted by Crippen LogP contribution is -2.16. The number of rotatable bonds is 7. The van der Waals surface area contributed by atoms with E-state index in [2.05, 4.69) is 10.3 Å². The molecule has 2 aromatic carbocycles. The Morgan fingerprint density at radius 2 is 1.83 bits per heavy atom. The summed E-state index contributed by atoms with van der Waals surface area (Å²) in [4.78, 5) is 4.34. The van der Waals surface area contributed by atoms with E-state index in [9.17, 15) is 8.42 Å². The van der Waals surface area contributed by atoms with E-state index in [4.69, 9.17) is 18.6 Å². The number of nitrogens with one attached hydrogen (secondary N) is 1. The zero-order chi connectivity index (χ0) is 20.3. The monoisotopic (exact) mass is 416 g/mol. The molecular weight excluding hydrogens is 396 g/mol. The van der Waals surface area contributed by atoms with Crippen LogP contribution in [-0.4, -0.2) is 46.9 Å². The summed E-state index contributed by atoms with van der Waals surface area (Å²) in [6.07, 6.45) is 0. The van der Waals surface area contributed by atoms with Crippen molar-refractivity contribution in [2.45, 2.75) is 9.92 Å². The van der Waals surface area contributed by atoms with Crippen LogP contribution >= 0.6 is 0 Å². The van der Waals surface area contributed by atoms with Crippen LogP contribution in [0.1, 0.15) is 0 Å². The van der Waals surface area contributed by atoms with E-state index >= 15 is 0 Å². The Bertz CT molecular complexity index is 1100. The van der Waals surface area contributed by atoms with Crippen molar-refractivity contribution in [1.29, 1.82) is 0 Å². The first-order valence-electron chi connectivity index (χ1n) is 9.03. The Labute approximate surface area is 168 Å². The highest BCUT2D eigenvalue weighted by Gasteiger charge is 2.30. The Kier molecular flexibility index (Phi) is 5.41. The molecule has 0 saturated heterocycles. The number of anilines is 1. The average Bonchev–Trinajstić information content (AvgIpc) is 3.19. The molecule has 152 valence electrons. The van der Waals surface area contributed by atoms with Crippen LogP contribution in [-0.2, 0) is 14.6 Å². The first-order chi connectivity index (χ1) is 14.1. The van der Waals surface area contributed by atoms with Crippen LogP contribution in [0, 0.1) is 0 Å². The molecule has 8 nitrogen and oxygen atoms in total. The molecule has 0 radical (unpaired) electrons. The fourth-order valence-electron chi connectivity index (χ4n) is 2.87. The summed E-state index contributed by atoms with van der Waals surface area (Å²) in [5.74, 6) is 1.18. The number of oxazole rings is 1. The quantitative estimate of drug-likeness (QED) is 0.587. The largest absolute Gasteiger partial charge is 0.486 e. The van der Waals surface area contributed by atoms with Gasteiger partial charge in [-0.3, -0.25) is 0 Å². The predicted molar refractivity (Wildman–Crippen MR) is 105 cm³/mol. The second-order valence-electron chi connectivity index (χ2n) is 6.25. The number of aromatic nitrogens is 1. The maximum Gasteiger partial charge on any atom is 0.233 e. The summed E-state index contributed by atoms with van der Waals surface area (Å²) in [6.45, 7) is 1.54. The van der Waals surface area contributed by atoms with Gasteiger partial charge in [-0.15, -0.1) is 0 Å². The first kappa shape index (κ1) is 19.3. The van der Waals surface area contributed by atoms with Gasteiger partial charge >= 0.3 is 0 Å². The van der Waals surface area contributed by atoms with Crippen LogP contribution in [0.4, 0.5) is 5.88 Å². The van der Waals surface area contributed by atoms with Crippen LogP contribution in [0.5, 0.6) is 11.5 Å². The van der Waals surface area contributed by atoms with Gasteiger partial charge in [-0.2, -0.15) is 4.98 Å². The van der Waals surface area contributed by atoms with E-state index in [0.29, 0.717) is 43.4 Å². The molecule has 2 heterocycles. The molecule has 0 saturated carbocycles. The molecule has 1 aliphatic heterocycles. The molecule has 1 aliphatic rings. The highest BCUT2D eigenvalue weighted by Crippen LogP contribution is 2.37. The van der Waals surface area contributed by atoms with Crippen LogP contribution in [0.25, 0.3) is 11.5 Å². The van der Waals surface area contributed by atoms with Crippen molar-refractivity contribution < 1.29 is 27.0 Å². The zero-order valence-electron chi connectivity index (χ0n) is 15.8. The molecule has 0 fully saturated rings. The lowest BCUT2D eigenvalue weighted by molar-refractivity contribution is 0.171. The number of hydrogen-bond acceptors (Lipinski definition) is 8. The van der Waals surface area contributed by atoms with E-state index in [0.717, 1.165) is 0 Å². The molecule has 1 N–H and O–H groups in total. The Morgan fingerprint density at radius 3 is 2.59 bits per heavy atom. The molecule has 0 atom stereocenters. The van der Waals surface area contributed by atoms with Gasteiger partial charge in [0.25, 0.3) is 0 Å². The van der Waals surface area contributed by atoms with Crippen molar-refractivity contribution >= 4 is 15.7 Å². The van der Waals surface area contributed by atoms with E-state index in [1.807, 2.05) is 18.2 Å². The van der Waals surface area contributed by atoms with E-state index < -0.39 is 9.84 Å².